The van der Waals surface area contributed by atoms with Crippen molar-refractivity contribution in [2.24, 2.45) is 11.8 Å². The van der Waals surface area contributed by atoms with Crippen molar-refractivity contribution in [2.45, 2.75) is 51.1 Å². The largest absolute Gasteiger partial charge is 0.380 e. The zero-order valence-corrected chi connectivity index (χ0v) is 8.47. The summed E-state index contributed by atoms with van der Waals surface area (Å²) in [5.41, 5.74) is 0.266. The number of rotatable bonds is 1. The molecule has 2 heteroatoms. The Morgan fingerprint density at radius 2 is 2.33 bits per heavy atom. The molecule has 0 aromatic heterocycles. The molecular weight excluding hydrogens is 147 g/mol. The van der Waals surface area contributed by atoms with E-state index in [-0.39, 0.29) is 5.60 Å². The van der Waals surface area contributed by atoms with E-state index in [0.29, 0.717) is 6.00 Å². The lowest BCUT2D eigenvalue weighted by Gasteiger charge is -2.36. The number of ether oxygens (including phenoxy) is 1. The molecular formula is C10H19BO. The van der Waals surface area contributed by atoms with E-state index in [1.165, 1.54) is 25.7 Å². The maximum Gasteiger partial charge on any atom is 0.139 e. The molecule has 0 N–H and O–H groups in total. The third-order valence-electron chi connectivity index (χ3n) is 4.23. The Labute approximate surface area is 76.3 Å². The molecule has 1 saturated carbocycles. The Balaban J connectivity index is 2.24. The molecule has 68 valence electrons. The summed E-state index contributed by atoms with van der Waals surface area (Å²) in [4.78, 5) is 0. The van der Waals surface area contributed by atoms with Crippen LogP contribution in [-0.4, -0.2) is 19.5 Å². The van der Waals surface area contributed by atoms with Crippen molar-refractivity contribution in [2.75, 3.05) is 0 Å². The molecule has 0 spiro atoms. The van der Waals surface area contributed by atoms with Crippen molar-refractivity contribution < 1.29 is 4.74 Å². The van der Waals surface area contributed by atoms with E-state index in [0.717, 1.165) is 11.8 Å². The van der Waals surface area contributed by atoms with Crippen LogP contribution in [0, 0.1) is 11.8 Å². The van der Waals surface area contributed by atoms with Crippen molar-refractivity contribution in [1.82, 2.24) is 0 Å². The average Bonchev–Trinajstić information content (AvgIpc) is 2.23. The van der Waals surface area contributed by atoms with E-state index in [2.05, 4.69) is 21.7 Å². The van der Waals surface area contributed by atoms with Crippen molar-refractivity contribution >= 4 is 7.85 Å². The Kier molecular flexibility index (Phi) is 1.98. The minimum Gasteiger partial charge on any atom is -0.380 e. The highest BCUT2D eigenvalue weighted by Gasteiger charge is 2.51. The molecule has 1 heterocycles. The van der Waals surface area contributed by atoms with Crippen LogP contribution in [0.2, 0.25) is 0 Å². The maximum absolute atomic E-state index is 6.13. The summed E-state index contributed by atoms with van der Waals surface area (Å²) in [5, 5.41) is 0. The Hall–Kier alpha value is 0.0249. The van der Waals surface area contributed by atoms with Crippen molar-refractivity contribution in [3.05, 3.63) is 0 Å². The summed E-state index contributed by atoms with van der Waals surface area (Å²) in [6.45, 7) is 4.66. The lowest BCUT2D eigenvalue weighted by molar-refractivity contribution is -0.0414. The van der Waals surface area contributed by atoms with Crippen LogP contribution >= 0.6 is 0 Å². The molecule has 1 aliphatic carbocycles. The molecule has 2 rings (SSSR count). The molecule has 12 heavy (non-hydrogen) atoms. The van der Waals surface area contributed by atoms with Crippen molar-refractivity contribution in [3.8, 4) is 0 Å². The molecule has 0 aromatic rings. The van der Waals surface area contributed by atoms with Crippen LogP contribution in [0.15, 0.2) is 0 Å². The van der Waals surface area contributed by atoms with Gasteiger partial charge in [-0.1, -0.05) is 20.3 Å². The normalized spacial score (nSPS) is 52.7. The Morgan fingerprint density at radius 3 is 2.92 bits per heavy atom. The minimum atomic E-state index is 0.266. The van der Waals surface area contributed by atoms with E-state index >= 15 is 0 Å². The second kappa shape index (κ2) is 2.76. The first-order valence-electron chi connectivity index (χ1n) is 5.37. The smallest absolute Gasteiger partial charge is 0.139 e. The van der Waals surface area contributed by atoms with Crippen LogP contribution in [0.5, 0.6) is 0 Å². The maximum atomic E-state index is 6.13. The standard InChI is InChI=1S/C10H19BO/c1-3-10-6-4-5-8(7(10)2)9(11)12-10/h7-9H,3-6,11H2,1-2H3. The van der Waals surface area contributed by atoms with Gasteiger partial charge < -0.3 is 4.74 Å². The fraction of sp³-hybridized carbons (Fsp3) is 1.00. The molecule has 0 radical (unpaired) electrons. The van der Waals surface area contributed by atoms with Crippen LogP contribution in [0.1, 0.15) is 39.5 Å². The van der Waals surface area contributed by atoms with Gasteiger partial charge in [0.15, 0.2) is 0 Å². The fourth-order valence-corrected chi connectivity index (χ4v) is 3.35. The lowest BCUT2D eigenvalue weighted by atomic mass is 9.68. The first kappa shape index (κ1) is 8.62. The highest BCUT2D eigenvalue weighted by molar-refractivity contribution is 6.11. The SMILES string of the molecule is BC1OC2(CC)CCCC1C2C. The Morgan fingerprint density at radius 1 is 1.58 bits per heavy atom. The van der Waals surface area contributed by atoms with Gasteiger partial charge in [-0.3, -0.25) is 0 Å². The van der Waals surface area contributed by atoms with Gasteiger partial charge >= 0.3 is 0 Å². The molecule has 4 atom stereocenters. The fourth-order valence-electron chi connectivity index (χ4n) is 3.35. The van der Waals surface area contributed by atoms with Gasteiger partial charge in [0.25, 0.3) is 0 Å². The highest BCUT2D eigenvalue weighted by Crippen LogP contribution is 2.50. The summed E-state index contributed by atoms with van der Waals surface area (Å²) >= 11 is 0. The zero-order valence-electron chi connectivity index (χ0n) is 8.47. The quantitative estimate of drug-likeness (QED) is 0.537. The molecule has 2 fully saturated rings. The first-order chi connectivity index (χ1) is 5.69. The molecule has 2 aliphatic rings. The summed E-state index contributed by atoms with van der Waals surface area (Å²) < 4.78 is 6.13. The summed E-state index contributed by atoms with van der Waals surface area (Å²) in [7, 11) is 2.25. The molecule has 2 bridgehead atoms. The van der Waals surface area contributed by atoms with Crippen molar-refractivity contribution in [3.63, 3.8) is 0 Å². The average molecular weight is 166 g/mol. The third-order valence-corrected chi connectivity index (χ3v) is 4.23. The molecule has 1 nitrogen and oxygen atoms in total. The molecule has 0 amide bonds. The number of hydrogen-bond acceptors (Lipinski definition) is 1. The second-order valence-electron chi connectivity index (χ2n) is 4.59. The highest BCUT2D eigenvalue weighted by atomic mass is 16.5. The van der Waals surface area contributed by atoms with Gasteiger partial charge in [0.1, 0.15) is 7.85 Å². The van der Waals surface area contributed by atoms with Gasteiger partial charge in [-0.15, -0.1) is 0 Å². The summed E-state index contributed by atoms with van der Waals surface area (Å²) in [5.74, 6) is 1.64. The van der Waals surface area contributed by atoms with Crippen LogP contribution < -0.4 is 0 Å². The van der Waals surface area contributed by atoms with Crippen LogP contribution in [0.25, 0.3) is 0 Å². The van der Waals surface area contributed by atoms with E-state index < -0.39 is 0 Å². The van der Waals surface area contributed by atoms with Crippen LogP contribution in [-0.2, 0) is 4.74 Å². The van der Waals surface area contributed by atoms with Gasteiger partial charge in [0, 0.05) is 6.00 Å². The Bertz CT molecular complexity index is 183. The number of fused-ring (bicyclic) bond motifs is 2. The van der Waals surface area contributed by atoms with Gasteiger partial charge in [-0.05, 0) is 31.1 Å². The predicted octanol–water partition coefficient (Wildman–Crippen LogP) is 1.56. The number of hydrogen-bond donors (Lipinski definition) is 0. The van der Waals surface area contributed by atoms with E-state index in [1.807, 2.05) is 0 Å². The molecule has 4 unspecified atom stereocenters. The molecule has 1 saturated heterocycles. The van der Waals surface area contributed by atoms with E-state index in [9.17, 15) is 0 Å². The topological polar surface area (TPSA) is 9.23 Å². The predicted molar refractivity (Wildman–Crippen MR) is 52.9 cm³/mol. The van der Waals surface area contributed by atoms with Crippen molar-refractivity contribution in [1.29, 1.82) is 0 Å². The van der Waals surface area contributed by atoms with E-state index in [1.54, 1.807) is 0 Å². The summed E-state index contributed by atoms with van der Waals surface area (Å²) in [6, 6.07) is 0.516. The van der Waals surface area contributed by atoms with Crippen LogP contribution in [0.3, 0.4) is 0 Å². The first-order valence-corrected chi connectivity index (χ1v) is 5.37. The summed E-state index contributed by atoms with van der Waals surface area (Å²) in [6.07, 6.45) is 5.28. The van der Waals surface area contributed by atoms with Gasteiger partial charge in [0.05, 0.1) is 5.60 Å². The monoisotopic (exact) mass is 166 g/mol. The molecule has 0 aromatic carbocycles. The van der Waals surface area contributed by atoms with E-state index in [4.69, 9.17) is 4.74 Å². The van der Waals surface area contributed by atoms with Gasteiger partial charge in [-0.25, -0.2) is 0 Å². The third kappa shape index (κ3) is 0.969. The molecule has 1 aliphatic heterocycles. The van der Waals surface area contributed by atoms with Crippen LogP contribution in [0.4, 0.5) is 0 Å². The minimum absolute atomic E-state index is 0.266. The second-order valence-corrected chi connectivity index (χ2v) is 4.59. The lowest BCUT2D eigenvalue weighted by Crippen LogP contribution is -2.37. The van der Waals surface area contributed by atoms with Gasteiger partial charge in [0.2, 0.25) is 0 Å². The zero-order chi connectivity index (χ0) is 8.77. The van der Waals surface area contributed by atoms with Gasteiger partial charge in [-0.2, -0.15) is 0 Å².